The number of carbonyl (C=O) groups is 3. The highest BCUT2D eigenvalue weighted by molar-refractivity contribution is 6.25. The number of benzene rings is 2. The summed E-state index contributed by atoms with van der Waals surface area (Å²) in [5.41, 5.74) is 6.04. The van der Waals surface area contributed by atoms with Crippen LogP contribution in [-0.2, 0) is 20.8 Å². The Bertz CT molecular complexity index is 1360. The van der Waals surface area contributed by atoms with Gasteiger partial charge in [-0.3, -0.25) is 14.4 Å². The molecule has 2 unspecified atom stereocenters. The van der Waals surface area contributed by atoms with Crippen LogP contribution >= 0.6 is 0 Å². The van der Waals surface area contributed by atoms with E-state index < -0.39 is 58.7 Å². The van der Waals surface area contributed by atoms with Gasteiger partial charge >= 0.3 is 0 Å². The first kappa shape index (κ1) is 25.1. The molecule has 2 saturated carbocycles. The molecule has 0 bridgehead atoms. The summed E-state index contributed by atoms with van der Waals surface area (Å²) >= 11 is 0. The Balaban J connectivity index is 1.70. The zero-order valence-electron chi connectivity index (χ0n) is 20.8. The molecule has 0 saturated heterocycles. The first-order valence-electron chi connectivity index (χ1n) is 12.2. The van der Waals surface area contributed by atoms with Crippen molar-refractivity contribution in [2.75, 3.05) is 14.1 Å². The number of hydrogen-bond donors (Lipinski definition) is 5. The van der Waals surface area contributed by atoms with E-state index in [9.17, 15) is 34.8 Å². The topological polar surface area (TPSA) is 161 Å². The molecule has 6 N–H and O–H groups in total. The number of aromatic hydroxyl groups is 1. The third-order valence-electron chi connectivity index (χ3n) is 8.33. The van der Waals surface area contributed by atoms with Crippen LogP contribution < -0.4 is 5.73 Å². The highest BCUT2D eigenvalue weighted by Crippen LogP contribution is 2.53. The van der Waals surface area contributed by atoms with E-state index in [4.69, 9.17) is 5.73 Å². The maximum absolute atomic E-state index is 13.9. The van der Waals surface area contributed by atoms with E-state index in [-0.39, 0.29) is 29.7 Å². The fourth-order valence-electron chi connectivity index (χ4n) is 6.61. The maximum atomic E-state index is 13.9. The van der Waals surface area contributed by atoms with Crippen molar-refractivity contribution in [1.29, 1.82) is 0 Å². The predicted octanol–water partition coefficient (Wildman–Crippen LogP) is 1.10. The van der Waals surface area contributed by atoms with Gasteiger partial charge in [0, 0.05) is 17.5 Å². The van der Waals surface area contributed by atoms with Gasteiger partial charge < -0.3 is 31.1 Å². The quantitative estimate of drug-likeness (QED) is 0.387. The SMILES string of the molecule is Cc1ccc(-c2ccc(O)c3c2C[C@H]2C[C@H]4[C@H](N(C)C)C(O)C(C(N)=O)C(=O)[C@@]4(O)C(=O)C2=C3O)cc1. The Labute approximate surface area is 213 Å². The standard InChI is InChI=1S/C28H30N2O7/c1-12-4-6-13(7-5-12)15-8-9-18(31)20-16(15)10-14-11-17-22(30(2)3)24(33)21(27(29)36)26(35)28(17,37)25(34)19(14)23(20)32/h4-9,14,17,21-22,24,31-33,37H,10-11H2,1-3H3,(H2,29,36)/t14-,17-,21?,22-,24?,28-/m0/s1. The number of rotatable bonds is 3. The lowest BCUT2D eigenvalue weighted by molar-refractivity contribution is -0.184. The van der Waals surface area contributed by atoms with Crippen LogP contribution in [0.15, 0.2) is 42.0 Å². The van der Waals surface area contributed by atoms with Crippen molar-refractivity contribution in [3.63, 3.8) is 0 Å². The van der Waals surface area contributed by atoms with Gasteiger partial charge in [0.05, 0.1) is 11.7 Å². The fraction of sp³-hybridized carbons (Fsp3) is 0.393. The lowest BCUT2D eigenvalue weighted by Gasteiger charge is -2.53. The molecular weight excluding hydrogens is 476 g/mol. The van der Waals surface area contributed by atoms with Gasteiger partial charge in [0.25, 0.3) is 0 Å². The number of amides is 1. The smallest absolute Gasteiger partial charge is 0.230 e. The Kier molecular flexibility index (Phi) is 5.78. The Morgan fingerprint density at radius 1 is 1.08 bits per heavy atom. The van der Waals surface area contributed by atoms with Crippen LogP contribution in [0.4, 0.5) is 0 Å². The minimum absolute atomic E-state index is 0.0821. The zero-order chi connectivity index (χ0) is 27.0. The van der Waals surface area contributed by atoms with E-state index in [2.05, 4.69) is 0 Å². The van der Waals surface area contributed by atoms with E-state index in [0.29, 0.717) is 5.56 Å². The minimum Gasteiger partial charge on any atom is -0.507 e. The van der Waals surface area contributed by atoms with Gasteiger partial charge in [-0.25, -0.2) is 0 Å². The van der Waals surface area contributed by atoms with E-state index >= 15 is 0 Å². The summed E-state index contributed by atoms with van der Waals surface area (Å²) < 4.78 is 0. The molecule has 6 atom stereocenters. The van der Waals surface area contributed by atoms with Crippen LogP contribution in [0, 0.1) is 24.7 Å². The van der Waals surface area contributed by atoms with Gasteiger partial charge in [0.15, 0.2) is 11.4 Å². The van der Waals surface area contributed by atoms with E-state index in [1.165, 1.54) is 6.07 Å². The van der Waals surface area contributed by atoms with Crippen molar-refractivity contribution >= 4 is 23.2 Å². The summed E-state index contributed by atoms with van der Waals surface area (Å²) in [5, 5.41) is 44.7. The molecule has 2 aromatic carbocycles. The van der Waals surface area contributed by atoms with E-state index in [0.717, 1.165) is 16.7 Å². The fourth-order valence-corrected chi connectivity index (χ4v) is 6.61. The molecule has 0 heterocycles. The van der Waals surface area contributed by atoms with E-state index in [1.807, 2.05) is 31.2 Å². The summed E-state index contributed by atoms with van der Waals surface area (Å²) in [4.78, 5) is 40.9. The zero-order valence-corrected chi connectivity index (χ0v) is 20.8. The number of Topliss-reactive ketones (excluding diaryl/α,β-unsaturated/α-hetero) is 2. The molecule has 194 valence electrons. The number of primary amides is 1. The number of fused-ring (bicyclic) bond motifs is 3. The molecule has 2 fully saturated rings. The molecule has 3 aliphatic rings. The number of hydrogen-bond acceptors (Lipinski definition) is 8. The van der Waals surface area contributed by atoms with Gasteiger partial charge in [-0.2, -0.15) is 0 Å². The second kappa shape index (κ2) is 8.51. The molecular formula is C28H30N2O7. The van der Waals surface area contributed by atoms with Gasteiger partial charge in [0.1, 0.15) is 17.4 Å². The summed E-state index contributed by atoms with van der Waals surface area (Å²) in [6, 6.07) is 10.0. The molecule has 37 heavy (non-hydrogen) atoms. The van der Waals surface area contributed by atoms with Crippen molar-refractivity contribution in [2.24, 2.45) is 23.5 Å². The van der Waals surface area contributed by atoms with Crippen molar-refractivity contribution < 1.29 is 34.8 Å². The number of ketones is 2. The minimum atomic E-state index is -2.66. The number of carbonyl (C=O) groups excluding carboxylic acids is 3. The Morgan fingerprint density at radius 2 is 1.73 bits per heavy atom. The first-order chi connectivity index (χ1) is 17.4. The number of aryl methyl sites for hydroxylation is 1. The van der Waals surface area contributed by atoms with Crippen molar-refractivity contribution in [2.45, 2.75) is 37.5 Å². The highest BCUT2D eigenvalue weighted by Gasteiger charge is 2.67. The molecule has 2 aromatic rings. The normalized spacial score (nSPS) is 31.1. The van der Waals surface area contributed by atoms with Crippen molar-refractivity contribution in [3.8, 4) is 16.9 Å². The summed E-state index contributed by atoms with van der Waals surface area (Å²) in [6.45, 7) is 1.97. The second-order valence-electron chi connectivity index (χ2n) is 10.6. The summed E-state index contributed by atoms with van der Waals surface area (Å²) in [6.07, 6.45) is -1.17. The number of likely N-dealkylation sites (N-methyl/N-ethyl adjacent to an activating group) is 1. The van der Waals surface area contributed by atoms with Crippen LogP contribution in [0.25, 0.3) is 16.9 Å². The third kappa shape index (κ3) is 3.45. The average molecular weight is 507 g/mol. The van der Waals surface area contributed by atoms with Crippen LogP contribution in [-0.4, -0.2) is 74.6 Å². The Morgan fingerprint density at radius 3 is 2.32 bits per heavy atom. The average Bonchev–Trinajstić information content (AvgIpc) is 2.82. The number of nitrogens with zero attached hydrogens (tertiary/aromatic N) is 1. The van der Waals surface area contributed by atoms with Gasteiger partial charge in [-0.05, 0) is 62.5 Å². The molecule has 0 radical (unpaired) electrons. The molecule has 5 rings (SSSR count). The monoisotopic (exact) mass is 506 g/mol. The lowest BCUT2D eigenvalue weighted by Crippen LogP contribution is -2.73. The molecule has 0 aliphatic heterocycles. The van der Waals surface area contributed by atoms with E-state index in [1.54, 1.807) is 25.1 Å². The first-order valence-corrected chi connectivity index (χ1v) is 12.2. The van der Waals surface area contributed by atoms with Crippen molar-refractivity contribution in [3.05, 3.63) is 58.7 Å². The summed E-state index contributed by atoms with van der Waals surface area (Å²) in [7, 11) is 3.25. The van der Waals surface area contributed by atoms with Crippen molar-refractivity contribution in [1.82, 2.24) is 4.90 Å². The maximum Gasteiger partial charge on any atom is 0.230 e. The van der Waals surface area contributed by atoms with Crippen LogP contribution in [0.5, 0.6) is 5.75 Å². The number of phenols is 1. The lowest BCUT2D eigenvalue weighted by atomic mass is 9.54. The summed E-state index contributed by atoms with van der Waals surface area (Å²) in [5.74, 6) is -7.48. The molecule has 1 amide bonds. The molecule has 0 spiro atoms. The number of aliphatic hydroxyl groups is 3. The van der Waals surface area contributed by atoms with Gasteiger partial charge in [0.2, 0.25) is 11.7 Å². The van der Waals surface area contributed by atoms with Gasteiger partial charge in [-0.15, -0.1) is 0 Å². The largest absolute Gasteiger partial charge is 0.507 e. The second-order valence-corrected chi connectivity index (χ2v) is 10.6. The van der Waals surface area contributed by atoms with Gasteiger partial charge in [-0.1, -0.05) is 35.9 Å². The molecule has 9 heteroatoms. The number of phenolic OH excluding ortho intramolecular Hbond substituents is 1. The van der Waals surface area contributed by atoms with Crippen LogP contribution in [0.3, 0.4) is 0 Å². The number of aliphatic hydroxyl groups excluding tert-OH is 2. The molecule has 9 nitrogen and oxygen atoms in total. The van der Waals surface area contributed by atoms with Crippen LogP contribution in [0.2, 0.25) is 0 Å². The molecule has 3 aliphatic carbocycles. The van der Waals surface area contributed by atoms with Crippen LogP contribution in [0.1, 0.15) is 23.1 Å². The molecule has 0 aromatic heterocycles. The Hall–Kier alpha value is -3.53. The predicted molar refractivity (Wildman–Crippen MR) is 134 cm³/mol. The third-order valence-corrected chi connectivity index (χ3v) is 8.33. The number of nitrogens with two attached hydrogens (primary N) is 1. The highest BCUT2D eigenvalue weighted by atomic mass is 16.3.